The summed E-state index contributed by atoms with van der Waals surface area (Å²) < 4.78 is 1.62. The van der Waals surface area contributed by atoms with Crippen molar-refractivity contribution in [3.63, 3.8) is 0 Å². The van der Waals surface area contributed by atoms with Gasteiger partial charge in [0.1, 0.15) is 12.2 Å². The van der Waals surface area contributed by atoms with Crippen LogP contribution in [0.1, 0.15) is 43.5 Å². The molecule has 94 valence electrons. The Morgan fingerprint density at radius 1 is 1.59 bits per heavy atom. The zero-order chi connectivity index (χ0) is 12.3. The van der Waals surface area contributed by atoms with Crippen LogP contribution in [0.25, 0.3) is 0 Å². The van der Waals surface area contributed by atoms with Gasteiger partial charge in [-0.25, -0.2) is 4.68 Å². The van der Waals surface area contributed by atoms with Gasteiger partial charge in [-0.05, 0) is 19.3 Å². The first-order valence-corrected chi connectivity index (χ1v) is 6.06. The van der Waals surface area contributed by atoms with Gasteiger partial charge in [0.15, 0.2) is 0 Å². The van der Waals surface area contributed by atoms with Crippen LogP contribution in [0, 0.1) is 0 Å². The molecule has 0 spiro atoms. The highest BCUT2D eigenvalue weighted by molar-refractivity contribution is 5.75. The lowest BCUT2D eigenvalue weighted by molar-refractivity contribution is -0.121. The number of aliphatic hydroxyl groups excluding tert-OH is 1. The lowest BCUT2D eigenvalue weighted by Gasteiger charge is -2.06. The van der Waals surface area contributed by atoms with Gasteiger partial charge in [-0.2, -0.15) is 0 Å². The summed E-state index contributed by atoms with van der Waals surface area (Å²) in [7, 11) is 0. The zero-order valence-corrected chi connectivity index (χ0v) is 10.0. The van der Waals surface area contributed by atoms with E-state index in [1.807, 2.05) is 6.92 Å². The molecule has 2 rings (SSSR count). The van der Waals surface area contributed by atoms with Crippen LogP contribution in [0.5, 0.6) is 0 Å². The van der Waals surface area contributed by atoms with Gasteiger partial charge in [0, 0.05) is 12.5 Å². The molecular weight excluding hydrogens is 220 g/mol. The molecule has 1 aliphatic rings. The van der Waals surface area contributed by atoms with E-state index in [4.69, 9.17) is 5.11 Å². The number of aromatic nitrogens is 3. The molecular formula is C11H18N4O2. The monoisotopic (exact) mass is 238 g/mol. The predicted octanol–water partition coefficient (Wildman–Crippen LogP) is 0.174. The third-order valence-electron chi connectivity index (χ3n) is 2.83. The number of nitrogens with one attached hydrogen (secondary N) is 1. The van der Waals surface area contributed by atoms with Crippen molar-refractivity contribution in [2.24, 2.45) is 0 Å². The maximum atomic E-state index is 11.6. The summed E-state index contributed by atoms with van der Waals surface area (Å²) in [5.74, 6) is 0.370. The fourth-order valence-corrected chi connectivity index (χ4v) is 1.85. The van der Waals surface area contributed by atoms with Crippen molar-refractivity contribution >= 4 is 5.91 Å². The fourth-order valence-electron chi connectivity index (χ4n) is 1.85. The van der Waals surface area contributed by atoms with E-state index >= 15 is 0 Å². The second kappa shape index (κ2) is 5.27. The summed E-state index contributed by atoms with van der Waals surface area (Å²) in [5, 5.41) is 19.8. The van der Waals surface area contributed by atoms with Gasteiger partial charge in [0.05, 0.1) is 12.3 Å². The first kappa shape index (κ1) is 12.0. The van der Waals surface area contributed by atoms with E-state index in [1.54, 1.807) is 4.68 Å². The molecule has 17 heavy (non-hydrogen) atoms. The fraction of sp³-hybridized carbons (Fsp3) is 0.727. The van der Waals surface area contributed by atoms with Crippen LogP contribution in [0.4, 0.5) is 0 Å². The molecule has 1 fully saturated rings. The van der Waals surface area contributed by atoms with Crippen molar-refractivity contribution in [3.05, 3.63) is 11.4 Å². The summed E-state index contributed by atoms with van der Waals surface area (Å²) in [6.07, 6.45) is 3.11. The molecule has 1 saturated carbocycles. The van der Waals surface area contributed by atoms with Crippen LogP contribution in [0.15, 0.2) is 0 Å². The molecule has 1 amide bonds. The average molecular weight is 238 g/mol. The zero-order valence-electron chi connectivity index (χ0n) is 10.0. The number of hydrogen-bond donors (Lipinski definition) is 2. The van der Waals surface area contributed by atoms with E-state index in [0.717, 1.165) is 25.0 Å². The minimum Gasteiger partial charge on any atom is -0.390 e. The van der Waals surface area contributed by atoms with Crippen molar-refractivity contribution in [2.75, 3.05) is 6.54 Å². The standard InChI is InChI=1S/C11H18N4O2/c1-2-5-12-10(17)6-15-11(8-3-4-8)9(7-16)13-14-15/h8,16H,2-7H2,1H3,(H,12,17). The first-order chi connectivity index (χ1) is 8.26. The van der Waals surface area contributed by atoms with Gasteiger partial charge in [-0.15, -0.1) is 5.10 Å². The van der Waals surface area contributed by atoms with Crippen molar-refractivity contribution < 1.29 is 9.90 Å². The number of nitrogens with zero attached hydrogens (tertiary/aromatic N) is 3. The van der Waals surface area contributed by atoms with E-state index in [1.165, 1.54) is 0 Å². The van der Waals surface area contributed by atoms with E-state index in [-0.39, 0.29) is 19.1 Å². The van der Waals surface area contributed by atoms with Crippen LogP contribution >= 0.6 is 0 Å². The highest BCUT2D eigenvalue weighted by atomic mass is 16.3. The van der Waals surface area contributed by atoms with Gasteiger partial charge < -0.3 is 10.4 Å². The van der Waals surface area contributed by atoms with Gasteiger partial charge in [0.2, 0.25) is 5.91 Å². The minimum absolute atomic E-state index is 0.0526. The Balaban J connectivity index is 2.04. The largest absolute Gasteiger partial charge is 0.390 e. The Morgan fingerprint density at radius 2 is 2.35 bits per heavy atom. The Hall–Kier alpha value is -1.43. The van der Waals surface area contributed by atoms with Crippen molar-refractivity contribution in [1.82, 2.24) is 20.3 Å². The second-order valence-electron chi connectivity index (χ2n) is 4.36. The van der Waals surface area contributed by atoms with E-state index in [0.29, 0.717) is 18.2 Å². The third kappa shape index (κ3) is 2.82. The second-order valence-corrected chi connectivity index (χ2v) is 4.36. The van der Waals surface area contributed by atoms with Crippen LogP contribution < -0.4 is 5.32 Å². The van der Waals surface area contributed by atoms with Crippen LogP contribution in [-0.4, -0.2) is 32.6 Å². The maximum absolute atomic E-state index is 11.6. The molecule has 1 aromatic heterocycles. The molecule has 0 radical (unpaired) electrons. The minimum atomic E-state index is -0.109. The number of carbonyl (C=O) groups is 1. The third-order valence-corrected chi connectivity index (χ3v) is 2.83. The van der Waals surface area contributed by atoms with Gasteiger partial charge >= 0.3 is 0 Å². The Kier molecular flexibility index (Phi) is 3.73. The lowest BCUT2D eigenvalue weighted by atomic mass is 10.2. The summed E-state index contributed by atoms with van der Waals surface area (Å²) in [5.41, 5.74) is 1.54. The van der Waals surface area contributed by atoms with Gasteiger partial charge in [-0.3, -0.25) is 4.79 Å². The van der Waals surface area contributed by atoms with E-state index in [2.05, 4.69) is 15.6 Å². The van der Waals surface area contributed by atoms with Crippen molar-refractivity contribution in [3.8, 4) is 0 Å². The molecule has 0 aliphatic heterocycles. The molecule has 6 heteroatoms. The van der Waals surface area contributed by atoms with Crippen LogP contribution in [0.2, 0.25) is 0 Å². The quantitative estimate of drug-likeness (QED) is 0.740. The van der Waals surface area contributed by atoms with Crippen LogP contribution in [0.3, 0.4) is 0 Å². The molecule has 2 N–H and O–H groups in total. The lowest BCUT2D eigenvalue weighted by Crippen LogP contribution is -2.29. The summed E-state index contributed by atoms with van der Waals surface area (Å²) in [4.78, 5) is 11.6. The smallest absolute Gasteiger partial charge is 0.241 e. The summed E-state index contributed by atoms with van der Waals surface area (Å²) in [6.45, 7) is 2.77. The Morgan fingerprint density at radius 3 is 2.94 bits per heavy atom. The number of rotatable bonds is 6. The molecule has 1 aromatic rings. The van der Waals surface area contributed by atoms with Crippen molar-refractivity contribution in [1.29, 1.82) is 0 Å². The topological polar surface area (TPSA) is 80.0 Å². The molecule has 1 aliphatic carbocycles. The van der Waals surface area contributed by atoms with E-state index < -0.39 is 0 Å². The van der Waals surface area contributed by atoms with Gasteiger partial charge in [-0.1, -0.05) is 12.1 Å². The Labute approximate surface area is 100 Å². The highest BCUT2D eigenvalue weighted by Gasteiger charge is 2.31. The summed E-state index contributed by atoms with van der Waals surface area (Å²) >= 11 is 0. The predicted molar refractivity (Wildman–Crippen MR) is 61.2 cm³/mol. The number of carbonyl (C=O) groups excluding carboxylic acids is 1. The van der Waals surface area contributed by atoms with Gasteiger partial charge in [0.25, 0.3) is 0 Å². The number of aliphatic hydroxyl groups is 1. The molecule has 0 saturated heterocycles. The molecule has 0 bridgehead atoms. The molecule has 1 heterocycles. The van der Waals surface area contributed by atoms with E-state index in [9.17, 15) is 4.79 Å². The first-order valence-electron chi connectivity index (χ1n) is 6.06. The average Bonchev–Trinajstić information content (AvgIpc) is 3.09. The maximum Gasteiger partial charge on any atom is 0.241 e. The van der Waals surface area contributed by atoms with Crippen LogP contribution in [-0.2, 0) is 17.9 Å². The highest BCUT2D eigenvalue weighted by Crippen LogP contribution is 2.41. The Bertz CT molecular complexity index is 398. The molecule has 0 aromatic carbocycles. The SMILES string of the molecule is CCCNC(=O)Cn1nnc(CO)c1C1CC1. The number of amides is 1. The van der Waals surface area contributed by atoms with Crippen molar-refractivity contribution in [2.45, 2.75) is 45.3 Å². The number of hydrogen-bond acceptors (Lipinski definition) is 4. The summed E-state index contributed by atoms with van der Waals surface area (Å²) in [6, 6.07) is 0. The molecule has 6 nitrogen and oxygen atoms in total. The molecule has 0 unspecified atom stereocenters. The normalized spacial score (nSPS) is 14.9. The molecule has 0 atom stereocenters.